The largest absolute Gasteiger partial charge is 0.380 e. The van der Waals surface area contributed by atoms with Crippen LogP contribution in [-0.2, 0) is 24.9 Å². The van der Waals surface area contributed by atoms with E-state index in [9.17, 15) is 0 Å². The van der Waals surface area contributed by atoms with Gasteiger partial charge in [-0.05, 0) is 41.1 Å². The van der Waals surface area contributed by atoms with Gasteiger partial charge < -0.3 is 4.74 Å². The van der Waals surface area contributed by atoms with Gasteiger partial charge in [0.05, 0.1) is 12.3 Å². The van der Waals surface area contributed by atoms with Crippen LogP contribution in [0.4, 0.5) is 0 Å². The van der Waals surface area contributed by atoms with Crippen LogP contribution in [0.3, 0.4) is 0 Å². The highest BCUT2D eigenvalue weighted by atomic mass is 32.1. The average molecular weight is 318 g/mol. The van der Waals surface area contributed by atoms with Gasteiger partial charge in [-0.2, -0.15) is 11.3 Å². The van der Waals surface area contributed by atoms with Crippen LogP contribution in [-0.4, -0.2) is 39.7 Å². The summed E-state index contributed by atoms with van der Waals surface area (Å²) in [5.41, 5.74) is 3.76. The van der Waals surface area contributed by atoms with Gasteiger partial charge in [-0.25, -0.2) is 0 Å². The maximum atomic E-state index is 5.97. The molecule has 0 radical (unpaired) electrons. The SMILES string of the molecule is Cn1nnc2c1[C@@H](COCC1CC1)CN(Cc1ccsc1)C2. The zero-order chi connectivity index (χ0) is 14.9. The first-order valence-electron chi connectivity index (χ1n) is 7.99. The molecule has 0 bridgehead atoms. The maximum Gasteiger partial charge on any atom is 0.100 e. The molecule has 6 heteroatoms. The molecule has 0 aromatic carbocycles. The van der Waals surface area contributed by atoms with E-state index in [2.05, 4.69) is 32.0 Å². The molecule has 4 rings (SSSR count). The van der Waals surface area contributed by atoms with Crippen LogP contribution in [0.2, 0.25) is 0 Å². The predicted octanol–water partition coefficient (Wildman–Crippen LogP) is 2.40. The fraction of sp³-hybridized carbons (Fsp3) is 0.625. The molecule has 2 aromatic heterocycles. The van der Waals surface area contributed by atoms with Crippen LogP contribution in [0.15, 0.2) is 16.8 Å². The summed E-state index contributed by atoms with van der Waals surface area (Å²) in [5.74, 6) is 1.19. The van der Waals surface area contributed by atoms with Crippen molar-refractivity contribution in [2.24, 2.45) is 13.0 Å². The van der Waals surface area contributed by atoms with Gasteiger partial charge in [0, 0.05) is 39.2 Å². The highest BCUT2D eigenvalue weighted by Crippen LogP contribution is 2.31. The molecule has 0 amide bonds. The molecule has 2 aromatic rings. The number of nitrogens with zero attached hydrogens (tertiary/aromatic N) is 4. The first-order chi connectivity index (χ1) is 10.8. The van der Waals surface area contributed by atoms with Crippen molar-refractivity contribution in [1.29, 1.82) is 0 Å². The third-order valence-electron chi connectivity index (χ3n) is 4.54. The van der Waals surface area contributed by atoms with Gasteiger partial charge >= 0.3 is 0 Å². The number of thiophene rings is 1. The van der Waals surface area contributed by atoms with Gasteiger partial charge in [0.1, 0.15) is 5.69 Å². The summed E-state index contributed by atoms with van der Waals surface area (Å²) in [6.07, 6.45) is 2.68. The Balaban J connectivity index is 1.46. The normalized spacial score (nSPS) is 22.0. The molecule has 22 heavy (non-hydrogen) atoms. The highest BCUT2D eigenvalue weighted by Gasteiger charge is 2.31. The average Bonchev–Trinajstić information content (AvgIpc) is 3.04. The minimum absolute atomic E-state index is 0.376. The molecule has 5 nitrogen and oxygen atoms in total. The molecule has 3 heterocycles. The molecule has 1 saturated carbocycles. The first kappa shape index (κ1) is 14.4. The van der Waals surface area contributed by atoms with Gasteiger partial charge in [-0.3, -0.25) is 9.58 Å². The van der Waals surface area contributed by atoms with Crippen molar-refractivity contribution in [3.05, 3.63) is 33.8 Å². The number of aromatic nitrogens is 3. The van der Waals surface area contributed by atoms with E-state index >= 15 is 0 Å². The molecule has 0 saturated heterocycles. The van der Waals surface area contributed by atoms with Gasteiger partial charge in [0.25, 0.3) is 0 Å². The summed E-state index contributed by atoms with van der Waals surface area (Å²) in [6.45, 7) is 4.60. The maximum absolute atomic E-state index is 5.97. The van der Waals surface area contributed by atoms with Crippen molar-refractivity contribution in [2.45, 2.75) is 31.8 Å². The van der Waals surface area contributed by atoms with E-state index in [1.54, 1.807) is 11.3 Å². The zero-order valence-electron chi connectivity index (χ0n) is 12.9. The Kier molecular flexibility index (Phi) is 3.98. The Hall–Kier alpha value is -1.24. The lowest BCUT2D eigenvalue weighted by Crippen LogP contribution is -2.36. The molecule has 1 atom stereocenters. The second-order valence-electron chi connectivity index (χ2n) is 6.52. The van der Waals surface area contributed by atoms with Crippen molar-refractivity contribution in [1.82, 2.24) is 19.9 Å². The van der Waals surface area contributed by atoms with Crippen LogP contribution < -0.4 is 0 Å². The third kappa shape index (κ3) is 3.09. The molecule has 1 fully saturated rings. The van der Waals surface area contributed by atoms with Crippen molar-refractivity contribution in [3.8, 4) is 0 Å². The van der Waals surface area contributed by atoms with Crippen molar-refractivity contribution in [2.75, 3.05) is 19.8 Å². The fourth-order valence-corrected chi connectivity index (χ4v) is 3.91. The lowest BCUT2D eigenvalue weighted by Gasteiger charge is -2.32. The number of fused-ring (bicyclic) bond motifs is 1. The van der Waals surface area contributed by atoms with Crippen LogP contribution in [0.1, 0.15) is 35.7 Å². The second-order valence-corrected chi connectivity index (χ2v) is 7.30. The Labute approximate surface area is 134 Å². The summed E-state index contributed by atoms with van der Waals surface area (Å²) in [4.78, 5) is 2.46. The van der Waals surface area contributed by atoms with Crippen LogP contribution in [0.5, 0.6) is 0 Å². The van der Waals surface area contributed by atoms with Crippen molar-refractivity contribution >= 4 is 11.3 Å². The molecular weight excluding hydrogens is 296 g/mol. The predicted molar refractivity (Wildman–Crippen MR) is 85.7 cm³/mol. The standard InChI is InChI=1S/C16H22N4OS/c1-19-16-14(10-21-9-12-2-3-12)7-20(8-15(16)17-18-19)6-13-4-5-22-11-13/h4-5,11-12,14H,2-3,6-10H2,1H3/t14-/m1/s1. The van der Waals surface area contributed by atoms with Gasteiger partial charge in [-0.1, -0.05) is 5.21 Å². The summed E-state index contributed by atoms with van der Waals surface area (Å²) in [5, 5.41) is 13.0. The van der Waals surface area contributed by atoms with Crippen LogP contribution >= 0.6 is 11.3 Å². The summed E-state index contributed by atoms with van der Waals surface area (Å²) in [6, 6.07) is 2.20. The van der Waals surface area contributed by atoms with E-state index in [0.717, 1.165) is 44.5 Å². The van der Waals surface area contributed by atoms with Crippen molar-refractivity contribution in [3.63, 3.8) is 0 Å². The fourth-order valence-electron chi connectivity index (χ4n) is 3.25. The van der Waals surface area contributed by atoms with Gasteiger partial charge in [-0.15, -0.1) is 5.10 Å². The van der Waals surface area contributed by atoms with Gasteiger partial charge in [0.15, 0.2) is 0 Å². The van der Waals surface area contributed by atoms with E-state index in [0.29, 0.717) is 5.92 Å². The highest BCUT2D eigenvalue weighted by molar-refractivity contribution is 7.07. The Morgan fingerprint density at radius 2 is 2.27 bits per heavy atom. The molecule has 0 spiro atoms. The smallest absolute Gasteiger partial charge is 0.100 e. The monoisotopic (exact) mass is 318 g/mol. The lowest BCUT2D eigenvalue weighted by atomic mass is 9.98. The van der Waals surface area contributed by atoms with E-state index in [1.807, 2.05) is 11.7 Å². The van der Waals surface area contributed by atoms with Crippen LogP contribution in [0, 0.1) is 5.92 Å². The molecular formula is C16H22N4OS. The van der Waals surface area contributed by atoms with E-state index in [4.69, 9.17) is 4.74 Å². The quantitative estimate of drug-likeness (QED) is 0.820. The number of ether oxygens (including phenoxy) is 1. The molecule has 1 aliphatic heterocycles. The Morgan fingerprint density at radius 3 is 3.05 bits per heavy atom. The summed E-state index contributed by atoms with van der Waals surface area (Å²) >= 11 is 1.76. The van der Waals surface area contributed by atoms with Crippen molar-refractivity contribution < 1.29 is 4.74 Å². The molecule has 0 unspecified atom stereocenters. The minimum Gasteiger partial charge on any atom is -0.380 e. The number of rotatable bonds is 6. The Morgan fingerprint density at radius 1 is 1.36 bits per heavy atom. The Bertz CT molecular complexity index is 620. The van der Waals surface area contributed by atoms with E-state index in [-0.39, 0.29) is 0 Å². The third-order valence-corrected chi connectivity index (χ3v) is 5.27. The first-order valence-corrected chi connectivity index (χ1v) is 8.93. The number of hydrogen-bond acceptors (Lipinski definition) is 5. The van der Waals surface area contributed by atoms with E-state index < -0.39 is 0 Å². The minimum atomic E-state index is 0.376. The van der Waals surface area contributed by atoms with E-state index in [1.165, 1.54) is 24.1 Å². The molecule has 0 N–H and O–H groups in total. The molecule has 118 valence electrons. The number of aryl methyl sites for hydroxylation is 1. The summed E-state index contributed by atoms with van der Waals surface area (Å²) in [7, 11) is 1.99. The molecule has 1 aliphatic carbocycles. The number of hydrogen-bond donors (Lipinski definition) is 0. The topological polar surface area (TPSA) is 43.2 Å². The molecule has 2 aliphatic rings. The lowest BCUT2D eigenvalue weighted by molar-refractivity contribution is 0.0866. The summed E-state index contributed by atoms with van der Waals surface area (Å²) < 4.78 is 7.90. The zero-order valence-corrected chi connectivity index (χ0v) is 13.8. The van der Waals surface area contributed by atoms with Gasteiger partial charge in [0.2, 0.25) is 0 Å². The second kappa shape index (κ2) is 6.10. The van der Waals surface area contributed by atoms with Crippen LogP contribution in [0.25, 0.3) is 0 Å².